The average molecular weight is 359 g/mol. The molecule has 0 saturated heterocycles. The molecule has 2 N–H and O–H groups in total. The summed E-state index contributed by atoms with van der Waals surface area (Å²) in [4.78, 5) is 24.8. The fraction of sp³-hybridized carbons (Fsp3) is 0.0500. The van der Waals surface area contributed by atoms with Crippen LogP contribution in [-0.2, 0) is 7.05 Å². The number of fused-ring (bicyclic) bond motifs is 1. The largest absolute Gasteiger partial charge is 0.350 e. The van der Waals surface area contributed by atoms with Crippen molar-refractivity contribution in [2.24, 2.45) is 7.05 Å². The van der Waals surface area contributed by atoms with Crippen molar-refractivity contribution in [2.75, 3.05) is 0 Å². The van der Waals surface area contributed by atoms with Gasteiger partial charge in [0.15, 0.2) is 5.69 Å². The van der Waals surface area contributed by atoms with Gasteiger partial charge in [-0.25, -0.2) is 4.68 Å². The molecule has 0 fully saturated rings. The maximum absolute atomic E-state index is 12.5. The van der Waals surface area contributed by atoms with E-state index in [4.69, 9.17) is 0 Å². The molecule has 2 amide bonds. The predicted octanol–water partition coefficient (Wildman–Crippen LogP) is 2.44. The summed E-state index contributed by atoms with van der Waals surface area (Å²) >= 11 is 0. The van der Waals surface area contributed by atoms with E-state index >= 15 is 0 Å². The Balaban J connectivity index is 1.46. The first-order valence-electron chi connectivity index (χ1n) is 8.39. The van der Waals surface area contributed by atoms with Crippen molar-refractivity contribution in [3.63, 3.8) is 0 Å². The summed E-state index contributed by atoms with van der Waals surface area (Å²) in [5.74, 6) is -0.874. The first kappa shape index (κ1) is 16.6. The van der Waals surface area contributed by atoms with E-state index in [2.05, 4.69) is 16.0 Å². The summed E-state index contributed by atoms with van der Waals surface area (Å²) in [6.45, 7) is 0. The van der Waals surface area contributed by atoms with Crippen molar-refractivity contribution in [3.8, 4) is 5.69 Å². The highest BCUT2D eigenvalue weighted by Crippen LogP contribution is 2.19. The van der Waals surface area contributed by atoms with Crippen LogP contribution in [0.2, 0.25) is 0 Å². The van der Waals surface area contributed by atoms with Crippen LogP contribution in [0.25, 0.3) is 16.6 Å². The van der Waals surface area contributed by atoms with Gasteiger partial charge in [0, 0.05) is 30.3 Å². The molecule has 27 heavy (non-hydrogen) atoms. The van der Waals surface area contributed by atoms with Crippen LogP contribution < -0.4 is 10.9 Å². The van der Waals surface area contributed by atoms with Crippen LogP contribution in [0.1, 0.15) is 20.8 Å². The molecular weight excluding hydrogens is 342 g/mol. The Hall–Kier alpha value is -3.87. The lowest BCUT2D eigenvalue weighted by molar-refractivity contribution is 0.0844. The average Bonchev–Trinajstić information content (AvgIpc) is 3.32. The molecule has 7 nitrogen and oxygen atoms in total. The summed E-state index contributed by atoms with van der Waals surface area (Å²) in [7, 11) is 1.87. The number of rotatable bonds is 3. The Morgan fingerprint density at radius 2 is 1.59 bits per heavy atom. The third-order valence-corrected chi connectivity index (χ3v) is 4.27. The van der Waals surface area contributed by atoms with E-state index in [1.807, 2.05) is 66.2 Å². The first-order chi connectivity index (χ1) is 13.1. The monoisotopic (exact) mass is 359 g/mol. The number of carbonyl (C=O) groups is 2. The zero-order valence-corrected chi connectivity index (χ0v) is 14.6. The van der Waals surface area contributed by atoms with E-state index < -0.39 is 5.91 Å². The molecule has 0 unspecified atom stereocenters. The molecule has 7 heteroatoms. The lowest BCUT2D eigenvalue weighted by atomic mass is 10.2. The molecule has 2 heterocycles. The summed E-state index contributed by atoms with van der Waals surface area (Å²) in [6, 6.07) is 18.6. The minimum absolute atomic E-state index is 0.206. The van der Waals surface area contributed by atoms with E-state index in [1.54, 1.807) is 23.1 Å². The molecule has 0 spiro atoms. The van der Waals surface area contributed by atoms with E-state index in [0.29, 0.717) is 5.56 Å². The number of benzene rings is 2. The number of hydrogen-bond donors (Lipinski definition) is 2. The number of amides is 2. The normalized spacial score (nSPS) is 10.7. The maximum Gasteiger partial charge on any atom is 0.290 e. The van der Waals surface area contributed by atoms with Crippen LogP contribution in [0.5, 0.6) is 0 Å². The second-order valence-electron chi connectivity index (χ2n) is 6.06. The highest BCUT2D eigenvalue weighted by atomic mass is 16.2. The van der Waals surface area contributed by atoms with E-state index in [0.717, 1.165) is 16.6 Å². The lowest BCUT2D eigenvalue weighted by Gasteiger charge is -2.05. The maximum atomic E-state index is 12.5. The molecule has 0 atom stereocenters. The molecule has 0 aliphatic carbocycles. The number of para-hydroxylation sites is 2. The number of carbonyl (C=O) groups excluding carboxylic acids is 2. The molecule has 134 valence electrons. The quantitative estimate of drug-likeness (QED) is 0.551. The minimum atomic E-state index is -0.488. The standard InChI is InChI=1S/C20H17N5O2/c1-24-13-16(15-9-5-6-10-18(15)24)19(26)21-22-20(27)17-11-12-25(23-17)14-7-3-2-4-8-14/h2-13H,1H3,(H,21,26)(H,22,27). The third kappa shape index (κ3) is 3.18. The van der Waals surface area contributed by atoms with Gasteiger partial charge in [-0.2, -0.15) is 5.10 Å². The van der Waals surface area contributed by atoms with Gasteiger partial charge in [-0.3, -0.25) is 20.4 Å². The Morgan fingerprint density at radius 1 is 0.889 bits per heavy atom. The van der Waals surface area contributed by atoms with Crippen molar-refractivity contribution < 1.29 is 9.59 Å². The molecule has 0 saturated carbocycles. The zero-order chi connectivity index (χ0) is 18.8. The SMILES string of the molecule is Cn1cc(C(=O)NNC(=O)c2ccn(-c3ccccc3)n2)c2ccccc21. The Labute approximate surface area is 155 Å². The second kappa shape index (κ2) is 6.80. The lowest BCUT2D eigenvalue weighted by Crippen LogP contribution is -2.41. The third-order valence-electron chi connectivity index (χ3n) is 4.27. The molecule has 0 aliphatic heterocycles. The van der Waals surface area contributed by atoms with E-state index in [1.165, 1.54) is 0 Å². The summed E-state index contributed by atoms with van der Waals surface area (Å²) in [6.07, 6.45) is 3.42. The van der Waals surface area contributed by atoms with Gasteiger partial charge < -0.3 is 4.57 Å². The second-order valence-corrected chi connectivity index (χ2v) is 6.06. The number of hydrogen-bond acceptors (Lipinski definition) is 3. The summed E-state index contributed by atoms with van der Waals surface area (Å²) < 4.78 is 3.47. The Bertz CT molecular complexity index is 1130. The molecule has 2 aromatic heterocycles. The fourth-order valence-electron chi connectivity index (χ4n) is 2.94. The van der Waals surface area contributed by atoms with E-state index in [9.17, 15) is 9.59 Å². The smallest absolute Gasteiger partial charge is 0.290 e. The van der Waals surface area contributed by atoms with Crippen molar-refractivity contribution in [3.05, 3.63) is 84.3 Å². The number of aromatic nitrogens is 3. The molecule has 4 aromatic rings. The Morgan fingerprint density at radius 3 is 2.41 bits per heavy atom. The van der Waals surface area contributed by atoms with Crippen LogP contribution in [0, 0.1) is 0 Å². The van der Waals surface area contributed by atoms with Gasteiger partial charge >= 0.3 is 0 Å². The predicted molar refractivity (Wildman–Crippen MR) is 101 cm³/mol. The van der Waals surface area contributed by atoms with Crippen LogP contribution >= 0.6 is 0 Å². The van der Waals surface area contributed by atoms with Gasteiger partial charge in [0.2, 0.25) is 0 Å². The Kier molecular flexibility index (Phi) is 4.18. The first-order valence-corrected chi connectivity index (χ1v) is 8.39. The molecule has 0 radical (unpaired) electrons. The van der Waals surface area contributed by atoms with E-state index in [-0.39, 0.29) is 11.6 Å². The number of nitrogens with zero attached hydrogens (tertiary/aromatic N) is 3. The van der Waals surface area contributed by atoms with Gasteiger partial charge in [-0.1, -0.05) is 36.4 Å². The van der Waals surface area contributed by atoms with Crippen molar-refractivity contribution in [2.45, 2.75) is 0 Å². The van der Waals surface area contributed by atoms with Gasteiger partial charge in [0.1, 0.15) is 0 Å². The van der Waals surface area contributed by atoms with Gasteiger partial charge in [0.05, 0.1) is 11.3 Å². The van der Waals surface area contributed by atoms with Crippen LogP contribution in [-0.4, -0.2) is 26.2 Å². The van der Waals surface area contributed by atoms with Crippen molar-refractivity contribution >= 4 is 22.7 Å². The highest BCUT2D eigenvalue weighted by molar-refractivity contribution is 6.07. The van der Waals surface area contributed by atoms with Gasteiger partial charge in [-0.15, -0.1) is 0 Å². The summed E-state index contributed by atoms with van der Waals surface area (Å²) in [5, 5.41) is 5.05. The van der Waals surface area contributed by atoms with Gasteiger partial charge in [-0.05, 0) is 24.3 Å². The summed E-state index contributed by atoms with van der Waals surface area (Å²) in [5.41, 5.74) is 7.34. The topological polar surface area (TPSA) is 81.0 Å². The van der Waals surface area contributed by atoms with Crippen LogP contribution in [0.3, 0.4) is 0 Å². The number of hydrazine groups is 1. The molecule has 4 rings (SSSR count). The van der Waals surface area contributed by atoms with Crippen LogP contribution in [0.4, 0.5) is 0 Å². The zero-order valence-electron chi connectivity index (χ0n) is 14.6. The molecule has 0 bridgehead atoms. The van der Waals surface area contributed by atoms with Gasteiger partial charge in [0.25, 0.3) is 11.8 Å². The molecule has 0 aliphatic rings. The fourth-order valence-corrected chi connectivity index (χ4v) is 2.94. The number of aryl methyl sites for hydroxylation is 1. The van der Waals surface area contributed by atoms with Crippen LogP contribution in [0.15, 0.2) is 73.1 Å². The highest BCUT2D eigenvalue weighted by Gasteiger charge is 2.16. The number of nitrogens with one attached hydrogen (secondary N) is 2. The minimum Gasteiger partial charge on any atom is -0.350 e. The van der Waals surface area contributed by atoms with Crippen molar-refractivity contribution in [1.29, 1.82) is 0 Å². The molecular formula is C20H17N5O2. The van der Waals surface area contributed by atoms with Crippen molar-refractivity contribution in [1.82, 2.24) is 25.2 Å². The molecule has 2 aromatic carbocycles.